The minimum atomic E-state index is -4.65. The van der Waals surface area contributed by atoms with Gasteiger partial charge in [-0.25, -0.2) is 4.98 Å². The second kappa shape index (κ2) is 4.85. The van der Waals surface area contributed by atoms with Gasteiger partial charge in [0.2, 0.25) is 0 Å². The molecule has 0 atom stereocenters. The molecule has 0 radical (unpaired) electrons. The van der Waals surface area contributed by atoms with Crippen LogP contribution in [0.15, 0.2) is 12.3 Å². The van der Waals surface area contributed by atoms with E-state index < -0.39 is 17.4 Å². The standard InChI is InChI=1S/C15H18F3N3O/c1-13(2)11(20)14(3,4)12(13)22-8-5-9(15(16,17)18)10(6-19)21-7-8/h5,7,11-12H,20H2,1-4H3. The SMILES string of the molecule is CC1(C)C(N)C(C)(C)C1Oc1cnc(C#N)c(C(F)(F)F)c1. The second-order valence-corrected chi connectivity index (χ2v) is 6.80. The average Bonchev–Trinajstić information content (AvgIpc) is 2.42. The fourth-order valence-corrected chi connectivity index (χ4v) is 3.40. The maximum atomic E-state index is 12.9. The number of halogens is 3. The summed E-state index contributed by atoms with van der Waals surface area (Å²) in [6.07, 6.45) is -3.85. The molecule has 0 spiro atoms. The van der Waals surface area contributed by atoms with E-state index in [2.05, 4.69) is 4.98 Å². The maximum Gasteiger partial charge on any atom is 0.419 e. The fourth-order valence-electron chi connectivity index (χ4n) is 3.40. The minimum Gasteiger partial charge on any atom is -0.488 e. The van der Waals surface area contributed by atoms with Crippen LogP contribution in [0, 0.1) is 22.2 Å². The van der Waals surface area contributed by atoms with Gasteiger partial charge in [-0.1, -0.05) is 27.7 Å². The Morgan fingerprint density at radius 2 is 1.82 bits per heavy atom. The molecule has 7 heteroatoms. The first kappa shape index (κ1) is 16.6. The third-order valence-electron chi connectivity index (χ3n) is 4.48. The highest BCUT2D eigenvalue weighted by Crippen LogP contribution is 2.54. The molecule has 1 saturated carbocycles. The van der Waals surface area contributed by atoms with Gasteiger partial charge in [-0.15, -0.1) is 0 Å². The largest absolute Gasteiger partial charge is 0.488 e. The lowest BCUT2D eigenvalue weighted by Crippen LogP contribution is -2.72. The molecule has 1 aliphatic carbocycles. The first-order valence-electron chi connectivity index (χ1n) is 6.82. The van der Waals surface area contributed by atoms with E-state index in [1.165, 1.54) is 6.07 Å². The molecule has 0 unspecified atom stereocenters. The van der Waals surface area contributed by atoms with Crippen LogP contribution in [0.2, 0.25) is 0 Å². The Morgan fingerprint density at radius 1 is 1.27 bits per heavy atom. The van der Waals surface area contributed by atoms with Gasteiger partial charge >= 0.3 is 6.18 Å². The van der Waals surface area contributed by atoms with Gasteiger partial charge in [0.05, 0.1) is 11.8 Å². The van der Waals surface area contributed by atoms with Crippen molar-refractivity contribution in [3.8, 4) is 11.8 Å². The van der Waals surface area contributed by atoms with Crippen LogP contribution < -0.4 is 10.5 Å². The molecule has 0 amide bonds. The van der Waals surface area contributed by atoms with Crippen LogP contribution in [0.4, 0.5) is 13.2 Å². The first-order valence-corrected chi connectivity index (χ1v) is 6.82. The zero-order chi connectivity index (χ0) is 16.9. The van der Waals surface area contributed by atoms with E-state index in [1.54, 1.807) is 0 Å². The van der Waals surface area contributed by atoms with Crippen LogP contribution >= 0.6 is 0 Å². The topological polar surface area (TPSA) is 71.9 Å². The van der Waals surface area contributed by atoms with Crippen molar-refractivity contribution in [3.05, 3.63) is 23.5 Å². The Bertz CT molecular complexity index is 616. The highest BCUT2D eigenvalue weighted by molar-refractivity contribution is 5.38. The molecule has 120 valence electrons. The van der Waals surface area contributed by atoms with Gasteiger partial charge in [-0.3, -0.25) is 0 Å². The Kier molecular flexibility index (Phi) is 3.65. The third-order valence-corrected chi connectivity index (χ3v) is 4.48. The number of ether oxygens (including phenoxy) is 1. The molecule has 0 saturated heterocycles. The molecule has 2 rings (SSSR count). The molecule has 1 aromatic rings. The molecule has 22 heavy (non-hydrogen) atoms. The predicted octanol–water partition coefficient (Wildman–Crippen LogP) is 3.11. The predicted molar refractivity (Wildman–Crippen MR) is 73.9 cm³/mol. The summed E-state index contributed by atoms with van der Waals surface area (Å²) in [7, 11) is 0. The van der Waals surface area contributed by atoms with E-state index >= 15 is 0 Å². The van der Waals surface area contributed by atoms with Crippen molar-refractivity contribution in [1.29, 1.82) is 5.26 Å². The van der Waals surface area contributed by atoms with Crippen LogP contribution in [0.5, 0.6) is 5.75 Å². The van der Waals surface area contributed by atoms with Gasteiger partial charge in [0, 0.05) is 16.9 Å². The monoisotopic (exact) mass is 313 g/mol. The van der Waals surface area contributed by atoms with Crippen LogP contribution in [0.1, 0.15) is 39.0 Å². The molecule has 0 bridgehead atoms. The molecule has 0 aromatic carbocycles. The van der Waals surface area contributed by atoms with E-state index in [9.17, 15) is 13.2 Å². The molecule has 1 aromatic heterocycles. The summed E-state index contributed by atoms with van der Waals surface area (Å²) in [5.74, 6) is -0.00984. The Hall–Kier alpha value is -1.81. The quantitative estimate of drug-likeness (QED) is 0.910. The number of alkyl halides is 3. The van der Waals surface area contributed by atoms with Gasteiger partial charge in [0.25, 0.3) is 0 Å². The average molecular weight is 313 g/mol. The Morgan fingerprint density at radius 3 is 2.27 bits per heavy atom. The van der Waals surface area contributed by atoms with E-state index in [0.29, 0.717) is 0 Å². The van der Waals surface area contributed by atoms with Crippen molar-refractivity contribution in [3.63, 3.8) is 0 Å². The molecular weight excluding hydrogens is 295 g/mol. The number of nitrogens with two attached hydrogens (primary N) is 1. The summed E-state index contributed by atoms with van der Waals surface area (Å²) in [5.41, 5.74) is 3.62. The Balaban J connectivity index is 2.34. The second-order valence-electron chi connectivity index (χ2n) is 6.80. The third kappa shape index (κ3) is 2.41. The summed E-state index contributed by atoms with van der Waals surface area (Å²) in [6, 6.07) is 2.14. The lowest BCUT2D eigenvalue weighted by Gasteiger charge is -2.61. The first-order chi connectivity index (χ1) is 9.92. The number of nitrogens with zero attached hydrogens (tertiary/aromatic N) is 2. The summed E-state index contributed by atoms with van der Waals surface area (Å²) < 4.78 is 44.6. The molecule has 1 fully saturated rings. The lowest BCUT2D eigenvalue weighted by atomic mass is 9.50. The molecule has 1 heterocycles. The zero-order valence-electron chi connectivity index (χ0n) is 12.8. The fraction of sp³-hybridized carbons (Fsp3) is 0.600. The van der Waals surface area contributed by atoms with Gasteiger partial charge < -0.3 is 10.5 Å². The van der Waals surface area contributed by atoms with Crippen molar-refractivity contribution in [2.24, 2.45) is 16.6 Å². The van der Waals surface area contributed by atoms with Crippen LogP contribution in [0.25, 0.3) is 0 Å². The van der Waals surface area contributed by atoms with Gasteiger partial charge in [0.1, 0.15) is 17.9 Å². The highest BCUT2D eigenvalue weighted by atomic mass is 19.4. The van der Waals surface area contributed by atoms with Crippen LogP contribution in [-0.2, 0) is 6.18 Å². The molecule has 4 nitrogen and oxygen atoms in total. The molecule has 0 aliphatic heterocycles. The normalized spacial score (nSPS) is 26.0. The van der Waals surface area contributed by atoms with Crippen molar-refractivity contribution < 1.29 is 17.9 Å². The van der Waals surface area contributed by atoms with Crippen molar-refractivity contribution in [2.75, 3.05) is 0 Å². The van der Waals surface area contributed by atoms with E-state index in [1.807, 2.05) is 27.7 Å². The number of hydrogen-bond donors (Lipinski definition) is 1. The highest BCUT2D eigenvalue weighted by Gasteiger charge is 2.62. The molecule has 1 aliphatic rings. The number of aromatic nitrogens is 1. The molecular formula is C15H18F3N3O. The summed E-state index contributed by atoms with van der Waals surface area (Å²) in [5, 5.41) is 8.74. The van der Waals surface area contributed by atoms with E-state index in [0.717, 1.165) is 12.3 Å². The summed E-state index contributed by atoms with van der Waals surface area (Å²) >= 11 is 0. The number of nitriles is 1. The van der Waals surface area contributed by atoms with Crippen molar-refractivity contribution in [2.45, 2.75) is 46.0 Å². The van der Waals surface area contributed by atoms with E-state index in [4.69, 9.17) is 15.7 Å². The van der Waals surface area contributed by atoms with Gasteiger partial charge in [-0.05, 0) is 6.07 Å². The maximum absolute atomic E-state index is 12.9. The number of pyridine rings is 1. The van der Waals surface area contributed by atoms with Gasteiger partial charge in [-0.2, -0.15) is 18.4 Å². The smallest absolute Gasteiger partial charge is 0.419 e. The van der Waals surface area contributed by atoms with Gasteiger partial charge in [0.15, 0.2) is 5.69 Å². The molecule has 2 N–H and O–H groups in total. The summed E-state index contributed by atoms with van der Waals surface area (Å²) in [4.78, 5) is 3.55. The minimum absolute atomic E-state index is 0.00984. The summed E-state index contributed by atoms with van der Waals surface area (Å²) in [6.45, 7) is 7.65. The van der Waals surface area contributed by atoms with Crippen LogP contribution in [-0.4, -0.2) is 17.1 Å². The zero-order valence-corrected chi connectivity index (χ0v) is 12.8. The number of rotatable bonds is 2. The van der Waals surface area contributed by atoms with Crippen LogP contribution in [0.3, 0.4) is 0 Å². The lowest BCUT2D eigenvalue weighted by molar-refractivity contribution is -0.156. The number of hydrogen-bond acceptors (Lipinski definition) is 4. The van der Waals surface area contributed by atoms with Crippen molar-refractivity contribution in [1.82, 2.24) is 4.98 Å². The Labute approximate surface area is 127 Å². The van der Waals surface area contributed by atoms with Crippen molar-refractivity contribution >= 4 is 0 Å². The van der Waals surface area contributed by atoms with E-state index in [-0.39, 0.29) is 28.7 Å².